The molecule has 0 bridgehead atoms. The lowest BCUT2D eigenvalue weighted by molar-refractivity contribution is -0.144. The minimum Gasteiger partial charge on any atom is -0.363 e. The van der Waals surface area contributed by atoms with E-state index in [1.807, 2.05) is 76.2 Å². The molecule has 16 nitrogen and oxygen atoms in total. The fraction of sp³-hybridized carbons (Fsp3) is 0.593. The van der Waals surface area contributed by atoms with Gasteiger partial charge in [0.15, 0.2) is 0 Å². The minimum atomic E-state index is -0.754. The quantitative estimate of drug-likeness (QED) is 0.152. The number of thioether (sulfide) groups is 2. The van der Waals surface area contributed by atoms with Gasteiger partial charge in [0, 0.05) is 12.8 Å². The van der Waals surface area contributed by atoms with Crippen molar-refractivity contribution in [3.05, 3.63) is 70.8 Å². The molecule has 0 aromatic heterocycles. The number of hydrogen-bond donors (Lipinski definition) is 6. The van der Waals surface area contributed by atoms with Crippen molar-refractivity contribution in [2.75, 3.05) is 38.8 Å². The Morgan fingerprint density at radius 2 is 1.03 bits per heavy atom. The lowest BCUT2D eigenvalue weighted by atomic mass is 9.83. The maximum atomic E-state index is 14.5. The van der Waals surface area contributed by atoms with Gasteiger partial charge in [-0.05, 0) is 110 Å². The average Bonchev–Trinajstić information content (AvgIpc) is 3.99. The van der Waals surface area contributed by atoms with Crippen LogP contribution >= 0.6 is 23.5 Å². The second-order valence-corrected chi connectivity index (χ2v) is 23.7. The highest BCUT2D eigenvalue weighted by Crippen LogP contribution is 2.48. The molecule has 4 aliphatic heterocycles. The zero-order valence-corrected chi connectivity index (χ0v) is 44.2. The summed E-state index contributed by atoms with van der Waals surface area (Å²) < 4.78 is 12.7. The van der Waals surface area contributed by atoms with Crippen LogP contribution in [-0.2, 0) is 51.1 Å². The largest absolute Gasteiger partial charge is 0.363 e. The highest BCUT2D eigenvalue weighted by Gasteiger charge is 2.57. The number of carbonyl (C=O) groups is 6. The number of nitrogens with zero attached hydrogens (tertiary/aromatic N) is 2. The molecule has 2 aromatic carbocycles. The van der Waals surface area contributed by atoms with Crippen molar-refractivity contribution in [1.29, 1.82) is 0 Å². The zero-order chi connectivity index (χ0) is 51.5. The molecule has 0 saturated carbocycles. The van der Waals surface area contributed by atoms with Crippen LogP contribution in [0.25, 0.3) is 0 Å². The number of rotatable bonds is 14. The van der Waals surface area contributed by atoms with E-state index in [0.717, 1.165) is 22.3 Å². The van der Waals surface area contributed by atoms with Crippen molar-refractivity contribution < 1.29 is 38.2 Å². The van der Waals surface area contributed by atoms with Crippen molar-refractivity contribution in [3.63, 3.8) is 0 Å². The fourth-order valence-corrected chi connectivity index (χ4v) is 14.4. The topological polar surface area (TPSA) is 200 Å². The summed E-state index contributed by atoms with van der Waals surface area (Å²) in [5.74, 6) is 11.6. The molecule has 2 aliphatic carbocycles. The van der Waals surface area contributed by atoms with Gasteiger partial charge in [0.05, 0.1) is 47.1 Å². The number of amides is 6. The molecule has 386 valence electrons. The Hall–Kier alpha value is -5.08. The molecule has 0 radical (unpaired) electrons. The maximum absolute atomic E-state index is 14.5. The zero-order valence-electron chi connectivity index (χ0n) is 42.6. The molecule has 4 saturated heterocycles. The average molecular weight is 1020 g/mol. The van der Waals surface area contributed by atoms with Gasteiger partial charge in [-0.2, -0.15) is 0 Å². The molecule has 6 amide bonds. The van der Waals surface area contributed by atoms with Crippen molar-refractivity contribution in [2.45, 2.75) is 151 Å². The van der Waals surface area contributed by atoms with E-state index in [-0.39, 0.29) is 59.4 Å². The molecular formula is C54H70N8O8S2. The summed E-state index contributed by atoms with van der Waals surface area (Å²) in [6.07, 6.45) is 2.57. The van der Waals surface area contributed by atoms with Crippen LogP contribution in [0.4, 0.5) is 0 Å². The molecule has 2 unspecified atom stereocenters. The molecule has 6 N–H and O–H groups in total. The van der Waals surface area contributed by atoms with Crippen LogP contribution in [0.5, 0.6) is 0 Å². The van der Waals surface area contributed by atoms with E-state index in [2.05, 4.69) is 55.6 Å². The van der Waals surface area contributed by atoms with Crippen LogP contribution in [0.2, 0.25) is 0 Å². The fourth-order valence-electron chi connectivity index (χ4n) is 11.2. The van der Waals surface area contributed by atoms with Gasteiger partial charge in [-0.3, -0.25) is 28.8 Å². The number of fused-ring (bicyclic) bond motifs is 4. The normalized spacial score (nSPS) is 29.6. The summed E-state index contributed by atoms with van der Waals surface area (Å²) in [5.41, 5.74) is 2.99. The Labute approximate surface area is 432 Å². The van der Waals surface area contributed by atoms with Gasteiger partial charge in [0.25, 0.3) is 0 Å². The minimum absolute atomic E-state index is 0.0653. The van der Waals surface area contributed by atoms with Gasteiger partial charge in [0.2, 0.25) is 35.4 Å². The Bertz CT molecular complexity index is 2360. The second-order valence-electron chi connectivity index (χ2n) is 21.1. The van der Waals surface area contributed by atoms with Gasteiger partial charge in [0.1, 0.15) is 37.4 Å². The molecule has 72 heavy (non-hydrogen) atoms. The van der Waals surface area contributed by atoms with E-state index >= 15 is 0 Å². The highest BCUT2D eigenvalue weighted by molar-refractivity contribution is 8.00. The number of nitrogens with one attached hydrogen (secondary N) is 6. The third kappa shape index (κ3) is 11.2. The number of ether oxygens (including phenoxy) is 2. The van der Waals surface area contributed by atoms with Crippen molar-refractivity contribution >= 4 is 59.0 Å². The van der Waals surface area contributed by atoms with E-state index in [4.69, 9.17) is 9.47 Å². The predicted molar refractivity (Wildman–Crippen MR) is 278 cm³/mol. The monoisotopic (exact) mass is 1020 g/mol. The summed E-state index contributed by atoms with van der Waals surface area (Å²) in [7, 11) is 3.39. The summed E-state index contributed by atoms with van der Waals surface area (Å²) in [6, 6.07) is 11.0. The second kappa shape index (κ2) is 22.6. The van der Waals surface area contributed by atoms with Crippen molar-refractivity contribution in [2.24, 2.45) is 10.8 Å². The van der Waals surface area contributed by atoms with Crippen LogP contribution in [0.3, 0.4) is 0 Å². The van der Waals surface area contributed by atoms with Gasteiger partial charge < -0.3 is 51.2 Å². The van der Waals surface area contributed by atoms with Gasteiger partial charge in [-0.1, -0.05) is 88.1 Å². The smallest absolute Gasteiger partial charge is 0.246 e. The number of carbonyl (C=O) groups excluding carboxylic acids is 6. The van der Waals surface area contributed by atoms with Crippen LogP contribution < -0.4 is 31.9 Å². The Morgan fingerprint density at radius 3 is 1.42 bits per heavy atom. The Morgan fingerprint density at radius 1 is 0.639 bits per heavy atom. The lowest BCUT2D eigenvalue weighted by Gasteiger charge is -2.35. The molecule has 8 rings (SSSR count). The van der Waals surface area contributed by atoms with Crippen LogP contribution in [-0.4, -0.2) is 143 Å². The molecule has 12 atom stereocenters. The number of likely N-dealkylation sites (N-methyl/N-ethyl adjacent to an activating group) is 2. The standard InChI is InChI=1S/C54H70N8O8S2/c1-31(55-7)47(63)57-37-21-25-71-41-29-53(3,4)45(61(41)51(37)67)49(65)59-43-35-19-13-11-17-33(35)27-39(43)69-23-15-9-10-16-24-70-40-28-34-18-12-14-20-36(34)44(40)60-50(66)46-54(5,6)30-42-62(46)52(68)38(22-26-72-42)58-48(64)32(2)56-8/h11-14,17-20,31-32,37-46,55-56H,21-30H2,1-8H3,(H,57,63)(H,58,64)(H,59,65)(H,60,66)/t31?,32?,37-,38-,39+,40+,41-,42-,43-,44-,45+,46+/m0/s1. The SMILES string of the molecule is CNC(C)C(=O)N[C@H]1CCS[C@H]2CC(C)(C)[C@@H](C(=O)N[C@H]3c4ccccc4C[C@H]3OCC#CC#CCO[C@@H]3Cc4ccccc4[C@@H]3NC(=O)[C@H]3N4C(=O)[C@@H](NC(=O)C(C)NC)CCS[C@H]4CC3(C)C)N2C1=O. The van der Waals surface area contributed by atoms with Crippen molar-refractivity contribution in [3.8, 4) is 23.7 Å². The van der Waals surface area contributed by atoms with E-state index in [0.29, 0.717) is 50.0 Å². The van der Waals surface area contributed by atoms with E-state index in [9.17, 15) is 28.8 Å². The molecular weight excluding hydrogens is 953 g/mol. The van der Waals surface area contributed by atoms with E-state index in [1.54, 1.807) is 61.3 Å². The van der Waals surface area contributed by atoms with Gasteiger partial charge in [-0.25, -0.2) is 0 Å². The van der Waals surface area contributed by atoms with E-state index < -0.39 is 71.4 Å². The first-order chi connectivity index (χ1) is 34.4. The van der Waals surface area contributed by atoms with Gasteiger partial charge >= 0.3 is 0 Å². The Kier molecular flexibility index (Phi) is 16.7. The lowest BCUT2D eigenvalue weighted by Crippen LogP contribution is -2.58. The molecule has 4 heterocycles. The van der Waals surface area contributed by atoms with Crippen molar-refractivity contribution in [1.82, 2.24) is 41.7 Å². The van der Waals surface area contributed by atoms with Gasteiger partial charge in [-0.15, -0.1) is 23.5 Å². The first-order valence-corrected chi connectivity index (χ1v) is 27.3. The molecule has 2 aromatic rings. The number of benzene rings is 2. The maximum Gasteiger partial charge on any atom is 0.246 e. The molecule has 6 aliphatic rings. The first kappa shape index (κ1) is 53.2. The summed E-state index contributed by atoms with van der Waals surface area (Å²) in [4.78, 5) is 86.6. The molecule has 18 heteroatoms. The Balaban J connectivity index is 0.889. The highest BCUT2D eigenvalue weighted by atomic mass is 32.2. The molecule has 4 fully saturated rings. The summed E-state index contributed by atoms with van der Waals surface area (Å²) >= 11 is 3.31. The third-order valence-corrected chi connectivity index (χ3v) is 17.8. The third-order valence-electron chi connectivity index (χ3n) is 15.3. The molecule has 0 spiro atoms. The summed E-state index contributed by atoms with van der Waals surface area (Å²) in [5, 5.41) is 17.9. The predicted octanol–water partition coefficient (Wildman–Crippen LogP) is 2.96. The van der Waals surface area contributed by atoms with Crippen LogP contribution in [0.15, 0.2) is 48.5 Å². The van der Waals surface area contributed by atoms with Crippen LogP contribution in [0.1, 0.15) is 102 Å². The van der Waals surface area contributed by atoms with E-state index in [1.165, 1.54) is 0 Å². The van der Waals surface area contributed by atoms with Crippen LogP contribution in [0, 0.1) is 34.5 Å². The first-order valence-electron chi connectivity index (χ1n) is 25.2. The number of hydrogen-bond acceptors (Lipinski definition) is 12. The summed E-state index contributed by atoms with van der Waals surface area (Å²) in [6.45, 7) is 11.7.